The molecule has 2 rings (SSSR count). The number of carbonyl (C=O) groups excluding carboxylic acids is 1. The van der Waals surface area contributed by atoms with Gasteiger partial charge < -0.3 is 10.1 Å². The summed E-state index contributed by atoms with van der Waals surface area (Å²) in [4.78, 5) is 13.9. The van der Waals surface area contributed by atoms with Crippen molar-refractivity contribution < 1.29 is 17.9 Å². The van der Waals surface area contributed by atoms with Gasteiger partial charge in [-0.1, -0.05) is 17.7 Å². The average Bonchev–Trinajstić information content (AvgIpc) is 2.54. The van der Waals surface area contributed by atoms with Crippen LogP contribution in [0.15, 0.2) is 29.2 Å². The van der Waals surface area contributed by atoms with Crippen LogP contribution in [0, 0.1) is 0 Å². The topological polar surface area (TPSA) is 87.7 Å². The highest BCUT2D eigenvalue weighted by Crippen LogP contribution is 2.14. The van der Waals surface area contributed by atoms with Gasteiger partial charge in [-0.15, -0.1) is 0 Å². The van der Waals surface area contributed by atoms with Gasteiger partial charge in [-0.25, -0.2) is 13.1 Å². The maximum atomic E-state index is 12.0. The third kappa shape index (κ3) is 6.08. The molecule has 0 bridgehead atoms. The molecular weight excluding hydrogens is 342 g/mol. The summed E-state index contributed by atoms with van der Waals surface area (Å²) in [6.45, 7) is 3.97. The van der Waals surface area contributed by atoms with Gasteiger partial charge >= 0.3 is 0 Å². The molecule has 23 heavy (non-hydrogen) atoms. The molecule has 7 nitrogen and oxygen atoms in total. The van der Waals surface area contributed by atoms with Crippen molar-refractivity contribution in [2.24, 2.45) is 0 Å². The average molecular weight is 362 g/mol. The van der Waals surface area contributed by atoms with E-state index in [-0.39, 0.29) is 17.3 Å². The Hall–Kier alpha value is -1.19. The van der Waals surface area contributed by atoms with E-state index in [1.165, 1.54) is 12.1 Å². The standard InChI is InChI=1S/C14H20ClN3O4S/c15-12-2-1-3-13(10-12)23(20,21)17-11-14(19)16-4-5-18-6-8-22-9-7-18/h1-3,10,17H,4-9,11H2,(H,16,19). The van der Waals surface area contributed by atoms with Crippen LogP contribution in [0.4, 0.5) is 0 Å². The number of benzene rings is 1. The number of carbonyl (C=O) groups is 1. The summed E-state index contributed by atoms with van der Waals surface area (Å²) in [7, 11) is -3.75. The number of sulfonamides is 1. The first-order valence-corrected chi connectivity index (χ1v) is 9.15. The fraction of sp³-hybridized carbons (Fsp3) is 0.500. The van der Waals surface area contributed by atoms with Crippen molar-refractivity contribution >= 4 is 27.5 Å². The Morgan fingerprint density at radius 2 is 2.04 bits per heavy atom. The molecule has 0 radical (unpaired) electrons. The number of rotatable bonds is 7. The van der Waals surface area contributed by atoms with Crippen molar-refractivity contribution in [2.45, 2.75) is 4.90 Å². The second kappa shape index (κ2) is 8.60. The lowest BCUT2D eigenvalue weighted by atomic mass is 10.4. The number of halogens is 1. The van der Waals surface area contributed by atoms with Gasteiger partial charge in [-0.3, -0.25) is 9.69 Å². The first kappa shape index (κ1) is 18.2. The molecule has 0 unspecified atom stereocenters. The van der Waals surface area contributed by atoms with E-state index in [4.69, 9.17) is 16.3 Å². The molecule has 0 saturated carbocycles. The highest BCUT2D eigenvalue weighted by molar-refractivity contribution is 7.89. The summed E-state index contributed by atoms with van der Waals surface area (Å²) in [5.41, 5.74) is 0. The molecule has 1 fully saturated rings. The molecule has 1 saturated heterocycles. The van der Waals surface area contributed by atoms with E-state index in [0.29, 0.717) is 24.8 Å². The van der Waals surface area contributed by atoms with Crippen LogP contribution in [0.25, 0.3) is 0 Å². The minimum atomic E-state index is -3.75. The maximum Gasteiger partial charge on any atom is 0.241 e. The maximum absolute atomic E-state index is 12.0. The first-order chi connectivity index (χ1) is 11.0. The summed E-state index contributed by atoms with van der Waals surface area (Å²) < 4.78 is 31.6. The minimum Gasteiger partial charge on any atom is -0.379 e. The van der Waals surface area contributed by atoms with E-state index in [0.717, 1.165) is 19.6 Å². The van der Waals surface area contributed by atoms with Crippen LogP contribution < -0.4 is 10.0 Å². The zero-order valence-electron chi connectivity index (χ0n) is 12.6. The van der Waals surface area contributed by atoms with Gasteiger partial charge in [0.15, 0.2) is 0 Å². The molecule has 2 N–H and O–H groups in total. The minimum absolute atomic E-state index is 0.0334. The molecule has 1 heterocycles. The van der Waals surface area contributed by atoms with Crippen molar-refractivity contribution in [1.82, 2.24) is 14.9 Å². The number of hydrogen-bond acceptors (Lipinski definition) is 5. The zero-order valence-corrected chi connectivity index (χ0v) is 14.2. The predicted molar refractivity (Wildman–Crippen MR) is 86.9 cm³/mol. The Balaban J connectivity index is 1.73. The number of amides is 1. The molecule has 128 valence electrons. The van der Waals surface area contributed by atoms with E-state index in [1.807, 2.05) is 0 Å². The van der Waals surface area contributed by atoms with Crippen molar-refractivity contribution in [3.8, 4) is 0 Å². The number of nitrogens with zero attached hydrogens (tertiary/aromatic N) is 1. The van der Waals surface area contributed by atoms with Gasteiger partial charge in [0.25, 0.3) is 0 Å². The SMILES string of the molecule is O=C(CNS(=O)(=O)c1cccc(Cl)c1)NCCN1CCOCC1. The zero-order chi connectivity index (χ0) is 16.7. The van der Waals surface area contributed by atoms with Crippen molar-refractivity contribution in [2.75, 3.05) is 45.9 Å². The molecule has 0 aliphatic carbocycles. The van der Waals surface area contributed by atoms with Crippen LogP contribution >= 0.6 is 11.6 Å². The molecule has 1 aromatic carbocycles. The molecule has 0 atom stereocenters. The summed E-state index contributed by atoms with van der Waals surface area (Å²) in [6, 6.07) is 5.88. The van der Waals surface area contributed by atoms with Crippen LogP contribution in [0.5, 0.6) is 0 Å². The van der Waals surface area contributed by atoms with E-state index in [2.05, 4.69) is 14.9 Å². The fourth-order valence-corrected chi connectivity index (χ4v) is 3.40. The van der Waals surface area contributed by atoms with E-state index >= 15 is 0 Å². The lowest BCUT2D eigenvalue weighted by Crippen LogP contribution is -2.43. The van der Waals surface area contributed by atoms with Crippen LogP contribution in [-0.2, 0) is 19.6 Å². The number of morpholine rings is 1. The normalized spacial score (nSPS) is 16.2. The van der Waals surface area contributed by atoms with Crippen molar-refractivity contribution in [1.29, 1.82) is 0 Å². The van der Waals surface area contributed by atoms with Crippen molar-refractivity contribution in [3.63, 3.8) is 0 Å². The molecule has 1 aromatic rings. The Labute approximate surface area is 141 Å². The molecular formula is C14H20ClN3O4S. The lowest BCUT2D eigenvalue weighted by Gasteiger charge is -2.26. The van der Waals surface area contributed by atoms with Crippen LogP contribution in [0.3, 0.4) is 0 Å². The molecule has 1 amide bonds. The van der Waals surface area contributed by atoms with Gasteiger partial charge in [0, 0.05) is 31.2 Å². The van der Waals surface area contributed by atoms with E-state index in [9.17, 15) is 13.2 Å². The van der Waals surface area contributed by atoms with Gasteiger partial charge in [-0.2, -0.15) is 0 Å². The monoisotopic (exact) mass is 361 g/mol. The summed E-state index contributed by atoms with van der Waals surface area (Å²) in [6.07, 6.45) is 0. The smallest absolute Gasteiger partial charge is 0.241 e. The Morgan fingerprint density at radius 3 is 2.74 bits per heavy atom. The molecule has 1 aliphatic rings. The largest absolute Gasteiger partial charge is 0.379 e. The molecule has 0 aromatic heterocycles. The van der Waals surface area contributed by atoms with Crippen LogP contribution in [0.1, 0.15) is 0 Å². The lowest BCUT2D eigenvalue weighted by molar-refractivity contribution is -0.120. The van der Waals surface area contributed by atoms with Gasteiger partial charge in [0.1, 0.15) is 0 Å². The highest BCUT2D eigenvalue weighted by atomic mass is 35.5. The Bertz CT molecular complexity index is 633. The number of hydrogen-bond donors (Lipinski definition) is 2. The van der Waals surface area contributed by atoms with E-state index < -0.39 is 10.0 Å². The third-order valence-electron chi connectivity index (χ3n) is 3.38. The molecule has 9 heteroatoms. The predicted octanol–water partition coefficient (Wildman–Crippen LogP) is 0.0667. The van der Waals surface area contributed by atoms with Gasteiger partial charge in [-0.05, 0) is 18.2 Å². The summed E-state index contributed by atoms with van der Waals surface area (Å²) in [5.74, 6) is -0.371. The molecule has 1 aliphatic heterocycles. The number of nitrogens with one attached hydrogen (secondary N) is 2. The summed E-state index contributed by atoms with van der Waals surface area (Å²) in [5, 5.41) is 3.01. The number of ether oxygens (including phenoxy) is 1. The molecule has 0 spiro atoms. The third-order valence-corrected chi connectivity index (χ3v) is 5.02. The second-order valence-corrected chi connectivity index (χ2v) is 7.29. The second-order valence-electron chi connectivity index (χ2n) is 5.09. The Morgan fingerprint density at radius 1 is 1.30 bits per heavy atom. The fourth-order valence-electron chi connectivity index (χ4n) is 2.12. The van der Waals surface area contributed by atoms with Gasteiger partial charge in [0.2, 0.25) is 15.9 Å². The van der Waals surface area contributed by atoms with Crippen LogP contribution in [-0.4, -0.2) is 65.2 Å². The Kier molecular flexibility index (Phi) is 6.79. The quantitative estimate of drug-likeness (QED) is 0.717. The van der Waals surface area contributed by atoms with Crippen LogP contribution in [0.2, 0.25) is 5.02 Å². The van der Waals surface area contributed by atoms with E-state index in [1.54, 1.807) is 12.1 Å². The highest BCUT2D eigenvalue weighted by Gasteiger charge is 2.16. The summed E-state index contributed by atoms with van der Waals surface area (Å²) >= 11 is 5.77. The first-order valence-electron chi connectivity index (χ1n) is 7.29. The van der Waals surface area contributed by atoms with Crippen molar-refractivity contribution in [3.05, 3.63) is 29.3 Å². The van der Waals surface area contributed by atoms with Gasteiger partial charge in [0.05, 0.1) is 24.7 Å².